The van der Waals surface area contributed by atoms with Crippen LogP contribution in [0, 0.1) is 0 Å². The van der Waals surface area contributed by atoms with Gasteiger partial charge in [0.05, 0.1) is 36.4 Å². The minimum absolute atomic E-state index is 0.0390. The molecule has 41 heavy (non-hydrogen) atoms. The molecule has 2 atom stereocenters. The summed E-state index contributed by atoms with van der Waals surface area (Å²) in [6.07, 6.45) is 6.25. The fourth-order valence-corrected chi connectivity index (χ4v) is 5.88. The maximum Gasteiger partial charge on any atom is 0.264 e. The van der Waals surface area contributed by atoms with E-state index in [4.69, 9.17) is 20.0 Å². The van der Waals surface area contributed by atoms with Crippen LogP contribution in [0.1, 0.15) is 40.8 Å². The lowest BCUT2D eigenvalue weighted by atomic mass is 9.88. The van der Waals surface area contributed by atoms with Gasteiger partial charge in [0.25, 0.3) is 20.2 Å². The van der Waals surface area contributed by atoms with E-state index in [2.05, 4.69) is 4.98 Å². The summed E-state index contributed by atoms with van der Waals surface area (Å²) in [5.74, 6) is -0.286. The van der Waals surface area contributed by atoms with Crippen molar-refractivity contribution in [2.75, 3.05) is 19.1 Å². The summed E-state index contributed by atoms with van der Waals surface area (Å²) in [4.78, 5) is 4.67. The van der Waals surface area contributed by atoms with Gasteiger partial charge >= 0.3 is 0 Å². The first-order valence-corrected chi connectivity index (χ1v) is 17.0. The van der Waals surface area contributed by atoms with Gasteiger partial charge in [-0.2, -0.15) is 16.8 Å². The van der Waals surface area contributed by atoms with E-state index < -0.39 is 26.3 Å². The van der Waals surface area contributed by atoms with Gasteiger partial charge in [-0.3, -0.25) is 8.37 Å². The van der Waals surface area contributed by atoms with E-state index in [0.29, 0.717) is 17.9 Å². The van der Waals surface area contributed by atoms with Crippen LogP contribution in [-0.4, -0.2) is 47.0 Å². The molecule has 1 heterocycles. The van der Waals surface area contributed by atoms with Crippen LogP contribution in [0.3, 0.4) is 0 Å². The quantitative estimate of drug-likeness (QED) is 0.174. The third kappa shape index (κ3) is 9.76. The molecule has 0 saturated carbocycles. The molecule has 1 aromatic heterocycles. The van der Waals surface area contributed by atoms with Crippen molar-refractivity contribution in [3.8, 4) is 0 Å². The molecule has 4 rings (SSSR count). The predicted molar refractivity (Wildman–Crippen MR) is 165 cm³/mol. The summed E-state index contributed by atoms with van der Waals surface area (Å²) in [5, 5.41) is 1.62. The molecule has 0 aliphatic carbocycles. The summed E-state index contributed by atoms with van der Waals surface area (Å²) < 4.78 is 57.3. The predicted octanol–water partition coefficient (Wildman–Crippen LogP) is 6.27. The number of hydrogen-bond acceptors (Lipinski definition) is 7. The lowest BCUT2D eigenvalue weighted by Gasteiger charge is -2.20. The van der Waals surface area contributed by atoms with Gasteiger partial charge in [0.2, 0.25) is 0 Å². The molecule has 0 saturated heterocycles. The number of pyridine rings is 1. The van der Waals surface area contributed by atoms with Gasteiger partial charge in [0.15, 0.2) is 0 Å². The Labute approximate surface area is 247 Å². The molecule has 0 N–H and O–H groups in total. The third-order valence-corrected chi connectivity index (χ3v) is 7.90. The molecule has 0 aliphatic rings. The molecule has 0 radical (unpaired) electrons. The highest BCUT2D eigenvalue weighted by atomic mass is 35.5. The van der Waals surface area contributed by atoms with Gasteiger partial charge in [-0.05, 0) is 59.9 Å². The van der Waals surface area contributed by atoms with Crippen molar-refractivity contribution in [1.29, 1.82) is 0 Å². The van der Waals surface area contributed by atoms with Gasteiger partial charge < -0.3 is 0 Å². The molecule has 0 bridgehead atoms. The van der Waals surface area contributed by atoms with Crippen LogP contribution < -0.4 is 0 Å². The Kier molecular flexibility index (Phi) is 9.99. The highest BCUT2D eigenvalue weighted by Gasteiger charge is 2.19. The van der Waals surface area contributed by atoms with Crippen LogP contribution in [0.2, 0.25) is 5.02 Å². The Balaban J connectivity index is 1.60. The van der Waals surface area contributed by atoms with Crippen molar-refractivity contribution in [2.24, 2.45) is 0 Å². The van der Waals surface area contributed by atoms with E-state index in [-0.39, 0.29) is 12.5 Å². The van der Waals surface area contributed by atoms with Gasteiger partial charge in [-0.25, -0.2) is 4.98 Å². The first-order valence-electron chi connectivity index (χ1n) is 13.0. The zero-order valence-corrected chi connectivity index (χ0v) is 25.4. The van der Waals surface area contributed by atoms with Gasteiger partial charge in [-0.15, -0.1) is 0 Å². The fourth-order valence-electron chi connectivity index (χ4n) is 4.64. The van der Waals surface area contributed by atoms with Crippen LogP contribution in [0.4, 0.5) is 0 Å². The zero-order valence-electron chi connectivity index (χ0n) is 23.0. The van der Waals surface area contributed by atoms with Crippen LogP contribution in [0.25, 0.3) is 23.1 Å². The average molecular weight is 614 g/mol. The van der Waals surface area contributed by atoms with Crippen molar-refractivity contribution < 1.29 is 25.2 Å². The second kappa shape index (κ2) is 13.3. The highest BCUT2D eigenvalue weighted by Crippen LogP contribution is 2.27. The SMILES string of the molecule is CC(Cc1ccccc1CC(COS(C)(=O)=O)c1cccc(C=Cc2ccc3ccc(Cl)cc3n2)c1)OS(C)(=O)=O. The van der Waals surface area contributed by atoms with E-state index in [1.165, 1.54) is 0 Å². The lowest BCUT2D eigenvalue weighted by Crippen LogP contribution is -2.19. The standard InChI is InChI=1S/C31H32ClNO6S2/c1-22(39-41(3,36)37)17-25-8-4-5-9-27(25)19-28(21-38-40(2,34)35)26-10-6-7-23(18-26)11-15-30-16-13-24-12-14-29(32)20-31(24)33-30/h4-16,18,20,22,28H,17,19,21H2,1-3H3. The summed E-state index contributed by atoms with van der Waals surface area (Å²) in [7, 11) is -7.26. The number of fused-ring (bicyclic) bond motifs is 1. The van der Waals surface area contributed by atoms with Gasteiger partial charge in [0, 0.05) is 22.7 Å². The van der Waals surface area contributed by atoms with Crippen molar-refractivity contribution in [1.82, 2.24) is 4.98 Å². The Bertz CT molecular complexity index is 1770. The van der Waals surface area contributed by atoms with Gasteiger partial charge in [-0.1, -0.05) is 78.3 Å². The molecule has 10 heteroatoms. The lowest BCUT2D eigenvalue weighted by molar-refractivity contribution is 0.231. The summed E-state index contributed by atoms with van der Waals surface area (Å²) in [6, 6.07) is 25.0. The van der Waals surface area contributed by atoms with Crippen molar-refractivity contribution in [2.45, 2.75) is 31.8 Å². The monoisotopic (exact) mass is 613 g/mol. The zero-order chi connectivity index (χ0) is 29.6. The van der Waals surface area contributed by atoms with E-state index >= 15 is 0 Å². The van der Waals surface area contributed by atoms with Crippen LogP contribution in [0.5, 0.6) is 0 Å². The van der Waals surface area contributed by atoms with E-state index in [1.54, 1.807) is 6.92 Å². The maximum absolute atomic E-state index is 11.9. The van der Waals surface area contributed by atoms with E-state index in [1.807, 2.05) is 91.0 Å². The molecule has 0 spiro atoms. The topological polar surface area (TPSA) is 99.6 Å². The molecular formula is C31H32ClNO6S2. The number of aromatic nitrogens is 1. The van der Waals surface area contributed by atoms with Crippen LogP contribution >= 0.6 is 11.6 Å². The van der Waals surface area contributed by atoms with Crippen molar-refractivity contribution in [3.63, 3.8) is 0 Å². The van der Waals surface area contributed by atoms with Crippen LogP contribution in [0.15, 0.2) is 78.9 Å². The number of hydrogen-bond donors (Lipinski definition) is 0. The first-order chi connectivity index (χ1) is 19.3. The molecule has 0 aliphatic heterocycles. The normalized spacial score (nSPS) is 14.0. The fraction of sp³-hybridized carbons (Fsp3) is 0.258. The Morgan fingerprint density at radius 2 is 1.54 bits per heavy atom. The molecule has 216 valence electrons. The highest BCUT2D eigenvalue weighted by molar-refractivity contribution is 7.86. The second-order valence-corrected chi connectivity index (χ2v) is 13.7. The molecule has 2 unspecified atom stereocenters. The molecule has 0 fully saturated rings. The number of nitrogens with zero attached hydrogens (tertiary/aromatic N) is 1. The number of halogens is 1. The summed E-state index contributed by atoms with van der Waals surface area (Å²) in [5.41, 5.74) is 5.29. The summed E-state index contributed by atoms with van der Waals surface area (Å²) >= 11 is 6.13. The molecule has 0 amide bonds. The molecule has 4 aromatic rings. The average Bonchev–Trinajstić information content (AvgIpc) is 2.89. The van der Waals surface area contributed by atoms with E-state index in [9.17, 15) is 16.8 Å². The van der Waals surface area contributed by atoms with Crippen molar-refractivity contribution in [3.05, 3.63) is 112 Å². The van der Waals surface area contributed by atoms with Crippen molar-refractivity contribution >= 4 is 54.9 Å². The second-order valence-electron chi connectivity index (χ2n) is 10.1. The van der Waals surface area contributed by atoms with Gasteiger partial charge in [0.1, 0.15) is 0 Å². The Hall–Kier alpha value is -3.08. The largest absolute Gasteiger partial charge is 0.270 e. The maximum atomic E-state index is 11.9. The van der Waals surface area contributed by atoms with Crippen LogP contribution in [-0.2, 0) is 41.4 Å². The third-order valence-electron chi connectivity index (χ3n) is 6.42. The smallest absolute Gasteiger partial charge is 0.264 e. The molecule has 7 nitrogen and oxygen atoms in total. The Morgan fingerprint density at radius 1 is 0.829 bits per heavy atom. The van der Waals surface area contributed by atoms with E-state index in [0.717, 1.165) is 51.4 Å². The minimum Gasteiger partial charge on any atom is -0.270 e. The molecule has 3 aromatic carbocycles. The first kappa shape index (κ1) is 30.9. The summed E-state index contributed by atoms with van der Waals surface area (Å²) in [6.45, 7) is 1.67. The Morgan fingerprint density at radius 3 is 2.24 bits per heavy atom. The number of rotatable bonds is 12. The number of benzene rings is 3. The minimum atomic E-state index is -3.66. The molecular weight excluding hydrogens is 582 g/mol.